The molecule has 0 radical (unpaired) electrons. The molecular formula is C17H30N3O2S+. The first kappa shape index (κ1) is 18.2. The van der Waals surface area contributed by atoms with Gasteiger partial charge in [-0.15, -0.1) is 0 Å². The topological polar surface area (TPSA) is 53.9 Å². The fourth-order valence-corrected chi connectivity index (χ4v) is 3.78. The van der Waals surface area contributed by atoms with E-state index < -0.39 is 15.3 Å². The molecule has 1 aliphatic heterocycles. The van der Waals surface area contributed by atoms with Crippen molar-refractivity contribution in [1.82, 2.24) is 4.72 Å². The van der Waals surface area contributed by atoms with Crippen LogP contribution in [0.15, 0.2) is 24.3 Å². The minimum absolute atomic E-state index is 0.183. The molecule has 0 amide bonds. The normalized spacial score (nSPS) is 17.6. The Bertz CT molecular complexity index is 591. The van der Waals surface area contributed by atoms with Crippen LogP contribution < -0.4 is 14.5 Å². The van der Waals surface area contributed by atoms with Crippen LogP contribution in [0.3, 0.4) is 0 Å². The summed E-state index contributed by atoms with van der Waals surface area (Å²) in [5.41, 5.74) is 2.37. The Kier molecular flexibility index (Phi) is 6.06. The lowest BCUT2D eigenvalue weighted by Gasteiger charge is -2.26. The van der Waals surface area contributed by atoms with Crippen molar-refractivity contribution in [2.24, 2.45) is 0 Å². The zero-order valence-corrected chi connectivity index (χ0v) is 15.5. The van der Waals surface area contributed by atoms with Gasteiger partial charge in [-0.05, 0) is 26.0 Å². The molecule has 6 heteroatoms. The fourth-order valence-electron chi connectivity index (χ4n) is 3.05. The summed E-state index contributed by atoms with van der Waals surface area (Å²) in [6.07, 6.45) is 2.44. The first-order chi connectivity index (χ1) is 10.8. The number of quaternary nitrogens is 1. The van der Waals surface area contributed by atoms with E-state index in [9.17, 15) is 8.42 Å². The molecule has 0 aromatic heterocycles. The molecule has 1 heterocycles. The molecule has 1 saturated heterocycles. The monoisotopic (exact) mass is 340 g/mol. The summed E-state index contributed by atoms with van der Waals surface area (Å²) < 4.78 is 27.0. The molecule has 23 heavy (non-hydrogen) atoms. The highest BCUT2D eigenvalue weighted by molar-refractivity contribution is 7.90. The number of benzene rings is 1. The SMILES string of the molecule is CC(C)S(=O)(=O)NC[C@@H](c1ccc(N(C)C)cc1)[NH+]1CCCC1. The molecule has 1 aliphatic rings. The summed E-state index contributed by atoms with van der Waals surface area (Å²) in [6, 6.07) is 8.66. The van der Waals surface area contributed by atoms with Crippen molar-refractivity contribution in [2.45, 2.75) is 38.0 Å². The van der Waals surface area contributed by atoms with Gasteiger partial charge < -0.3 is 9.80 Å². The smallest absolute Gasteiger partial charge is 0.214 e. The van der Waals surface area contributed by atoms with Gasteiger partial charge in [-0.3, -0.25) is 0 Å². The van der Waals surface area contributed by atoms with Crippen molar-refractivity contribution in [3.05, 3.63) is 29.8 Å². The van der Waals surface area contributed by atoms with Gasteiger partial charge in [-0.1, -0.05) is 12.1 Å². The molecule has 1 aromatic rings. The van der Waals surface area contributed by atoms with Crippen LogP contribution in [0.25, 0.3) is 0 Å². The molecule has 1 atom stereocenters. The van der Waals surface area contributed by atoms with Gasteiger partial charge in [-0.2, -0.15) is 0 Å². The zero-order valence-electron chi connectivity index (χ0n) is 14.7. The predicted octanol–water partition coefficient (Wildman–Crippen LogP) is 0.800. The van der Waals surface area contributed by atoms with Crippen LogP contribution >= 0.6 is 0 Å². The highest BCUT2D eigenvalue weighted by atomic mass is 32.2. The van der Waals surface area contributed by atoms with Gasteiger partial charge in [0.05, 0.1) is 24.9 Å². The van der Waals surface area contributed by atoms with Gasteiger partial charge in [0.15, 0.2) is 0 Å². The minimum Gasteiger partial charge on any atom is -0.378 e. The molecule has 130 valence electrons. The average molecular weight is 341 g/mol. The van der Waals surface area contributed by atoms with E-state index in [2.05, 4.69) is 33.9 Å². The first-order valence-electron chi connectivity index (χ1n) is 8.41. The molecular weight excluding hydrogens is 310 g/mol. The highest BCUT2D eigenvalue weighted by Gasteiger charge is 2.29. The largest absolute Gasteiger partial charge is 0.378 e. The van der Waals surface area contributed by atoms with Gasteiger partial charge in [0.2, 0.25) is 10.0 Å². The number of hydrogen-bond acceptors (Lipinski definition) is 3. The maximum absolute atomic E-state index is 12.1. The molecule has 0 saturated carbocycles. The highest BCUT2D eigenvalue weighted by Crippen LogP contribution is 2.17. The number of hydrogen-bond donors (Lipinski definition) is 2. The molecule has 5 nitrogen and oxygen atoms in total. The maximum atomic E-state index is 12.1. The lowest BCUT2D eigenvalue weighted by molar-refractivity contribution is -0.918. The first-order valence-corrected chi connectivity index (χ1v) is 9.96. The standard InChI is InChI=1S/C17H29N3O2S/c1-14(2)23(21,22)18-13-17(20-11-5-6-12-20)15-7-9-16(10-8-15)19(3)4/h7-10,14,17-18H,5-6,11-13H2,1-4H3/p+1/t17-/m0/s1. The number of nitrogens with zero attached hydrogens (tertiary/aromatic N) is 1. The van der Waals surface area contributed by atoms with Crippen LogP contribution in [-0.4, -0.2) is 47.4 Å². The zero-order chi connectivity index (χ0) is 17.0. The second-order valence-corrected chi connectivity index (χ2v) is 9.17. The van der Waals surface area contributed by atoms with Crippen LogP contribution in [0, 0.1) is 0 Å². The maximum Gasteiger partial charge on any atom is 0.214 e. The Morgan fingerprint density at radius 2 is 1.70 bits per heavy atom. The van der Waals surface area contributed by atoms with E-state index in [4.69, 9.17) is 0 Å². The van der Waals surface area contributed by atoms with Crippen LogP contribution in [0.2, 0.25) is 0 Å². The average Bonchev–Trinajstić information content (AvgIpc) is 3.02. The number of likely N-dealkylation sites (tertiary alicyclic amines) is 1. The van der Waals surface area contributed by atoms with Crippen LogP contribution in [-0.2, 0) is 10.0 Å². The van der Waals surface area contributed by atoms with Crippen LogP contribution in [0.5, 0.6) is 0 Å². The predicted molar refractivity (Wildman–Crippen MR) is 95.5 cm³/mol. The summed E-state index contributed by atoms with van der Waals surface area (Å²) in [7, 11) is 0.822. The number of nitrogens with one attached hydrogen (secondary N) is 2. The van der Waals surface area contributed by atoms with Crippen molar-refractivity contribution in [2.75, 3.05) is 38.6 Å². The molecule has 0 aliphatic carbocycles. The van der Waals surface area contributed by atoms with Crippen LogP contribution in [0.4, 0.5) is 5.69 Å². The fraction of sp³-hybridized carbons (Fsp3) is 0.647. The molecule has 2 N–H and O–H groups in total. The number of anilines is 1. The van der Waals surface area contributed by atoms with Crippen molar-refractivity contribution in [1.29, 1.82) is 0 Å². The minimum atomic E-state index is -3.22. The lowest BCUT2D eigenvalue weighted by atomic mass is 10.1. The third-order valence-electron chi connectivity index (χ3n) is 4.66. The second kappa shape index (κ2) is 7.64. The summed E-state index contributed by atoms with van der Waals surface area (Å²) >= 11 is 0. The van der Waals surface area contributed by atoms with Gasteiger partial charge in [0.25, 0.3) is 0 Å². The van der Waals surface area contributed by atoms with E-state index in [1.165, 1.54) is 23.3 Å². The molecule has 0 spiro atoms. The summed E-state index contributed by atoms with van der Waals surface area (Å²) in [5.74, 6) is 0. The number of sulfonamides is 1. The lowest BCUT2D eigenvalue weighted by Crippen LogP contribution is -3.11. The Morgan fingerprint density at radius 1 is 1.13 bits per heavy atom. The number of rotatable bonds is 7. The van der Waals surface area contributed by atoms with Gasteiger partial charge in [0, 0.05) is 38.2 Å². The Balaban J connectivity index is 2.17. The van der Waals surface area contributed by atoms with Gasteiger partial charge in [-0.25, -0.2) is 13.1 Å². The molecule has 1 aromatic carbocycles. The van der Waals surface area contributed by atoms with E-state index >= 15 is 0 Å². The molecule has 1 fully saturated rings. The van der Waals surface area contributed by atoms with Crippen molar-refractivity contribution >= 4 is 15.7 Å². The third-order valence-corrected chi connectivity index (χ3v) is 6.47. The summed E-state index contributed by atoms with van der Waals surface area (Å²) in [4.78, 5) is 3.55. The molecule has 2 rings (SSSR count). The van der Waals surface area contributed by atoms with E-state index in [1.807, 2.05) is 14.1 Å². The Hall–Kier alpha value is -1.11. The van der Waals surface area contributed by atoms with Gasteiger partial charge >= 0.3 is 0 Å². The van der Waals surface area contributed by atoms with Gasteiger partial charge in [0.1, 0.15) is 6.04 Å². The summed E-state index contributed by atoms with van der Waals surface area (Å²) in [5, 5.41) is -0.396. The molecule has 0 unspecified atom stereocenters. The van der Waals surface area contributed by atoms with E-state index in [1.54, 1.807) is 13.8 Å². The third kappa shape index (κ3) is 4.68. The second-order valence-electron chi connectivity index (χ2n) is 6.85. The van der Waals surface area contributed by atoms with E-state index in [0.717, 1.165) is 18.8 Å². The quantitative estimate of drug-likeness (QED) is 0.772. The van der Waals surface area contributed by atoms with Crippen molar-refractivity contribution in [3.8, 4) is 0 Å². The Labute approximate surface area is 140 Å². The Morgan fingerprint density at radius 3 is 2.17 bits per heavy atom. The van der Waals surface area contributed by atoms with E-state index in [-0.39, 0.29) is 6.04 Å². The van der Waals surface area contributed by atoms with Crippen LogP contribution in [0.1, 0.15) is 38.3 Å². The molecule has 0 bridgehead atoms. The van der Waals surface area contributed by atoms with E-state index in [0.29, 0.717) is 6.54 Å². The van der Waals surface area contributed by atoms with Crippen molar-refractivity contribution < 1.29 is 13.3 Å². The van der Waals surface area contributed by atoms with Crippen molar-refractivity contribution in [3.63, 3.8) is 0 Å². The summed E-state index contributed by atoms with van der Waals surface area (Å²) in [6.45, 7) is 6.13.